The summed E-state index contributed by atoms with van der Waals surface area (Å²) in [6.07, 6.45) is 1.15. The Kier molecular flexibility index (Phi) is 4.94. The number of para-hydroxylation sites is 1. The fourth-order valence-corrected chi connectivity index (χ4v) is 5.28. The van der Waals surface area contributed by atoms with Crippen molar-refractivity contribution < 1.29 is 9.59 Å². The van der Waals surface area contributed by atoms with Gasteiger partial charge in [-0.15, -0.1) is 0 Å². The van der Waals surface area contributed by atoms with Crippen molar-refractivity contribution in [3.63, 3.8) is 0 Å². The van der Waals surface area contributed by atoms with Crippen LogP contribution >= 0.6 is 23.2 Å². The summed E-state index contributed by atoms with van der Waals surface area (Å²) in [5, 5.41) is 7.94. The summed E-state index contributed by atoms with van der Waals surface area (Å²) >= 11 is 12.3. The van der Waals surface area contributed by atoms with Crippen molar-refractivity contribution in [2.75, 3.05) is 10.7 Å². The Labute approximate surface area is 185 Å². The van der Waals surface area contributed by atoms with Crippen molar-refractivity contribution in [1.29, 1.82) is 0 Å². The first-order valence-corrected chi connectivity index (χ1v) is 10.6. The molecule has 2 bridgehead atoms. The summed E-state index contributed by atoms with van der Waals surface area (Å²) < 4.78 is 0. The van der Waals surface area contributed by atoms with Crippen molar-refractivity contribution >= 4 is 52.0 Å². The minimum absolute atomic E-state index is 0.236. The normalized spacial score (nSPS) is 28.0. The van der Waals surface area contributed by atoms with Gasteiger partial charge < -0.3 is 5.32 Å². The number of nitrogens with one attached hydrogen (secondary N) is 2. The number of halogens is 2. The van der Waals surface area contributed by atoms with Crippen LogP contribution in [0.15, 0.2) is 53.6 Å². The van der Waals surface area contributed by atoms with E-state index < -0.39 is 16.2 Å². The minimum atomic E-state index is -1.22. The number of benzene rings is 2. The molecule has 0 saturated heterocycles. The van der Waals surface area contributed by atoms with Gasteiger partial charge in [-0.2, -0.15) is 5.10 Å². The third-order valence-electron chi connectivity index (χ3n) is 7.23. The lowest BCUT2D eigenvalue weighted by Gasteiger charge is -2.37. The smallest absolute Gasteiger partial charge is 0.239 e. The summed E-state index contributed by atoms with van der Waals surface area (Å²) in [7, 11) is 0. The molecular formula is C23H23Cl2N3O2. The van der Waals surface area contributed by atoms with Crippen molar-refractivity contribution in [2.24, 2.45) is 21.3 Å². The molecule has 0 radical (unpaired) electrons. The molecule has 2 saturated carbocycles. The molecular weight excluding hydrogens is 421 g/mol. The fraction of sp³-hybridized carbons (Fsp3) is 0.348. The monoisotopic (exact) mass is 443 g/mol. The Morgan fingerprint density at radius 3 is 2.40 bits per heavy atom. The van der Waals surface area contributed by atoms with Crippen LogP contribution in [0.5, 0.6) is 0 Å². The molecule has 0 aliphatic heterocycles. The number of fused-ring (bicyclic) bond motifs is 2. The minimum Gasteiger partial charge on any atom is -0.324 e. The van der Waals surface area contributed by atoms with Crippen LogP contribution in [0.2, 0.25) is 10.0 Å². The average molecular weight is 444 g/mol. The molecule has 2 aliphatic rings. The van der Waals surface area contributed by atoms with Crippen molar-refractivity contribution in [2.45, 2.75) is 33.6 Å². The summed E-state index contributed by atoms with van der Waals surface area (Å²) in [5.74, 6) is -0.601. The SMILES string of the molecule is CC12CCC(C(=O)Nc3cccc(Cl)c3Cl)(C(=O)/C1=N\Nc1ccccc1)C2(C)C. The molecule has 2 fully saturated rings. The van der Waals surface area contributed by atoms with E-state index in [1.165, 1.54) is 0 Å². The van der Waals surface area contributed by atoms with Crippen LogP contribution in [-0.2, 0) is 9.59 Å². The van der Waals surface area contributed by atoms with Crippen LogP contribution in [0.25, 0.3) is 0 Å². The first kappa shape index (κ1) is 20.9. The number of carbonyl (C=O) groups excluding carboxylic acids is 2. The number of hydrogen-bond acceptors (Lipinski definition) is 4. The van der Waals surface area contributed by atoms with Gasteiger partial charge >= 0.3 is 0 Å². The molecule has 30 heavy (non-hydrogen) atoms. The maximum absolute atomic E-state index is 13.6. The number of hydrogen-bond donors (Lipinski definition) is 2. The Balaban J connectivity index is 1.71. The topological polar surface area (TPSA) is 70.6 Å². The molecule has 0 aromatic heterocycles. The van der Waals surface area contributed by atoms with Gasteiger partial charge in [0, 0.05) is 5.41 Å². The van der Waals surface area contributed by atoms with E-state index in [9.17, 15) is 9.59 Å². The quantitative estimate of drug-likeness (QED) is 0.463. The van der Waals surface area contributed by atoms with Gasteiger partial charge in [0.1, 0.15) is 11.1 Å². The number of carbonyl (C=O) groups is 2. The maximum atomic E-state index is 13.6. The molecule has 1 amide bonds. The van der Waals surface area contributed by atoms with E-state index in [-0.39, 0.29) is 16.7 Å². The zero-order valence-corrected chi connectivity index (χ0v) is 18.6. The van der Waals surface area contributed by atoms with Crippen LogP contribution in [-0.4, -0.2) is 17.4 Å². The Bertz CT molecular complexity index is 1070. The molecule has 7 heteroatoms. The summed E-state index contributed by atoms with van der Waals surface area (Å²) in [6.45, 7) is 5.97. The predicted octanol–water partition coefficient (Wildman–Crippen LogP) is 5.80. The van der Waals surface area contributed by atoms with Crippen LogP contribution in [0, 0.1) is 16.2 Å². The standard InChI is InChI=1S/C23H23Cl2N3O2/c1-21(2)22(3)12-13-23(21,20(30)26-16-11-7-10-15(24)17(16)25)19(29)18(22)28-27-14-8-5-4-6-9-14/h4-11,27H,12-13H2,1-3H3,(H,26,30)/b28-18+. The van der Waals surface area contributed by atoms with Gasteiger partial charge in [-0.3, -0.25) is 15.0 Å². The van der Waals surface area contributed by atoms with Gasteiger partial charge in [-0.1, -0.05) is 68.2 Å². The summed E-state index contributed by atoms with van der Waals surface area (Å²) in [5.41, 5.74) is 2.21. The Morgan fingerprint density at radius 1 is 1.00 bits per heavy atom. The van der Waals surface area contributed by atoms with E-state index in [2.05, 4.69) is 15.8 Å². The van der Waals surface area contributed by atoms with E-state index in [1.807, 2.05) is 51.1 Å². The highest BCUT2D eigenvalue weighted by Gasteiger charge is 2.76. The number of amides is 1. The second kappa shape index (κ2) is 7.10. The second-order valence-electron chi connectivity index (χ2n) is 8.69. The van der Waals surface area contributed by atoms with Crippen LogP contribution in [0.3, 0.4) is 0 Å². The van der Waals surface area contributed by atoms with Gasteiger partial charge in [0.05, 0.1) is 21.4 Å². The molecule has 0 heterocycles. The molecule has 2 atom stereocenters. The molecule has 2 N–H and O–H groups in total. The largest absolute Gasteiger partial charge is 0.324 e. The number of nitrogens with zero attached hydrogens (tertiary/aromatic N) is 1. The van der Waals surface area contributed by atoms with E-state index in [4.69, 9.17) is 23.2 Å². The lowest BCUT2D eigenvalue weighted by Crippen LogP contribution is -2.47. The average Bonchev–Trinajstić information content (AvgIpc) is 3.00. The lowest BCUT2D eigenvalue weighted by atomic mass is 9.64. The zero-order chi connectivity index (χ0) is 21.7. The summed E-state index contributed by atoms with van der Waals surface area (Å²) in [4.78, 5) is 27.2. The van der Waals surface area contributed by atoms with Crippen molar-refractivity contribution in [3.8, 4) is 0 Å². The lowest BCUT2D eigenvalue weighted by molar-refractivity contribution is -0.139. The fourth-order valence-electron chi connectivity index (χ4n) is 4.94. The first-order chi connectivity index (χ1) is 14.1. The van der Waals surface area contributed by atoms with Gasteiger partial charge in [-0.05, 0) is 42.5 Å². The molecule has 5 nitrogen and oxygen atoms in total. The third kappa shape index (κ3) is 2.72. The van der Waals surface area contributed by atoms with Crippen molar-refractivity contribution in [1.82, 2.24) is 0 Å². The van der Waals surface area contributed by atoms with E-state index >= 15 is 0 Å². The van der Waals surface area contributed by atoms with E-state index in [0.29, 0.717) is 29.3 Å². The second-order valence-corrected chi connectivity index (χ2v) is 9.47. The van der Waals surface area contributed by atoms with Crippen LogP contribution in [0.1, 0.15) is 33.6 Å². The van der Waals surface area contributed by atoms with E-state index in [0.717, 1.165) is 5.69 Å². The van der Waals surface area contributed by atoms with E-state index in [1.54, 1.807) is 18.2 Å². The molecule has 156 valence electrons. The molecule has 2 aliphatic carbocycles. The number of anilines is 2. The summed E-state index contributed by atoms with van der Waals surface area (Å²) in [6, 6.07) is 14.5. The maximum Gasteiger partial charge on any atom is 0.239 e. The van der Waals surface area contributed by atoms with Crippen molar-refractivity contribution in [3.05, 3.63) is 58.6 Å². The zero-order valence-electron chi connectivity index (χ0n) is 17.1. The molecule has 4 rings (SSSR count). The van der Waals surface area contributed by atoms with Crippen LogP contribution in [0.4, 0.5) is 11.4 Å². The Morgan fingerprint density at radius 2 is 1.70 bits per heavy atom. The number of Topliss-reactive ketones (excluding diaryl/α,β-unsaturated/α-hetero) is 1. The highest BCUT2D eigenvalue weighted by atomic mass is 35.5. The van der Waals surface area contributed by atoms with Crippen LogP contribution < -0.4 is 10.7 Å². The highest BCUT2D eigenvalue weighted by Crippen LogP contribution is 2.69. The molecule has 2 aromatic rings. The number of ketones is 1. The predicted molar refractivity (Wildman–Crippen MR) is 121 cm³/mol. The van der Waals surface area contributed by atoms with Gasteiger partial charge in [0.15, 0.2) is 5.78 Å². The third-order valence-corrected chi connectivity index (χ3v) is 8.05. The molecule has 2 aromatic carbocycles. The van der Waals surface area contributed by atoms with Gasteiger partial charge in [0.25, 0.3) is 0 Å². The van der Waals surface area contributed by atoms with Gasteiger partial charge in [-0.25, -0.2) is 0 Å². The highest BCUT2D eigenvalue weighted by molar-refractivity contribution is 6.51. The number of rotatable bonds is 4. The van der Waals surface area contributed by atoms with Gasteiger partial charge in [0.2, 0.25) is 5.91 Å². The Hall–Kier alpha value is -2.37. The number of hydrazone groups is 1. The molecule has 0 spiro atoms. The first-order valence-electron chi connectivity index (χ1n) is 9.85. The molecule has 2 unspecified atom stereocenters.